The molecule has 4 heteroatoms. The molecule has 102 valence electrons. The van der Waals surface area contributed by atoms with Crippen molar-refractivity contribution in [3.63, 3.8) is 0 Å². The van der Waals surface area contributed by atoms with Crippen molar-refractivity contribution < 1.29 is 4.74 Å². The number of hydrogen-bond acceptors (Lipinski definition) is 4. The molecule has 0 aliphatic carbocycles. The molecule has 4 nitrogen and oxygen atoms in total. The first-order chi connectivity index (χ1) is 8.36. The molecule has 0 saturated carbocycles. The number of aryl methyl sites for hydroxylation is 1. The standard InChI is InChI=1S/C14H25N3O/c1-9(2)7-11(5)15-14-16-12(6)8-13(17-14)18-10(3)4/h8-11H,7H2,1-6H3,(H,15,16,17). The van der Waals surface area contributed by atoms with Gasteiger partial charge in [-0.25, -0.2) is 4.98 Å². The van der Waals surface area contributed by atoms with E-state index in [1.807, 2.05) is 26.8 Å². The third kappa shape index (κ3) is 5.34. The molecule has 1 heterocycles. The summed E-state index contributed by atoms with van der Waals surface area (Å²) in [6, 6.07) is 2.22. The van der Waals surface area contributed by atoms with Crippen molar-refractivity contribution in [3.8, 4) is 5.88 Å². The molecule has 0 aliphatic heterocycles. The number of hydrogen-bond donors (Lipinski definition) is 1. The first-order valence-corrected chi connectivity index (χ1v) is 6.65. The van der Waals surface area contributed by atoms with Crippen LogP contribution in [-0.4, -0.2) is 22.1 Å². The first kappa shape index (κ1) is 14.7. The van der Waals surface area contributed by atoms with Gasteiger partial charge in [0.2, 0.25) is 11.8 Å². The number of nitrogens with one attached hydrogen (secondary N) is 1. The molecule has 0 spiro atoms. The third-order valence-electron chi connectivity index (χ3n) is 2.39. The van der Waals surface area contributed by atoms with E-state index >= 15 is 0 Å². The van der Waals surface area contributed by atoms with Gasteiger partial charge in [0.1, 0.15) is 0 Å². The Balaban J connectivity index is 2.73. The van der Waals surface area contributed by atoms with Gasteiger partial charge in [-0.1, -0.05) is 13.8 Å². The molecule has 1 rings (SSSR count). The van der Waals surface area contributed by atoms with Crippen molar-refractivity contribution >= 4 is 5.95 Å². The van der Waals surface area contributed by atoms with Gasteiger partial charge in [0, 0.05) is 17.8 Å². The summed E-state index contributed by atoms with van der Waals surface area (Å²) < 4.78 is 5.61. The summed E-state index contributed by atoms with van der Waals surface area (Å²) in [7, 11) is 0. The lowest BCUT2D eigenvalue weighted by Crippen LogP contribution is -2.19. The minimum Gasteiger partial charge on any atom is -0.475 e. The molecule has 0 aromatic carbocycles. The third-order valence-corrected chi connectivity index (χ3v) is 2.39. The Morgan fingerprint density at radius 1 is 1.17 bits per heavy atom. The van der Waals surface area contributed by atoms with Crippen LogP contribution in [0.4, 0.5) is 5.95 Å². The van der Waals surface area contributed by atoms with E-state index in [-0.39, 0.29) is 6.10 Å². The Hall–Kier alpha value is -1.32. The average molecular weight is 251 g/mol. The molecule has 1 unspecified atom stereocenters. The molecule has 1 N–H and O–H groups in total. The summed E-state index contributed by atoms with van der Waals surface area (Å²) in [4.78, 5) is 8.76. The number of anilines is 1. The van der Waals surface area contributed by atoms with Gasteiger partial charge >= 0.3 is 0 Å². The molecular weight excluding hydrogens is 226 g/mol. The van der Waals surface area contributed by atoms with Gasteiger partial charge in [0.15, 0.2) is 0 Å². The van der Waals surface area contributed by atoms with Crippen molar-refractivity contribution in [2.75, 3.05) is 5.32 Å². The van der Waals surface area contributed by atoms with Gasteiger partial charge in [-0.05, 0) is 40.0 Å². The molecule has 0 aliphatic rings. The van der Waals surface area contributed by atoms with Gasteiger partial charge in [-0.3, -0.25) is 0 Å². The predicted molar refractivity (Wildman–Crippen MR) is 75.1 cm³/mol. The van der Waals surface area contributed by atoms with Crippen LogP contribution in [-0.2, 0) is 0 Å². The Morgan fingerprint density at radius 3 is 2.39 bits per heavy atom. The quantitative estimate of drug-likeness (QED) is 0.841. The van der Waals surface area contributed by atoms with E-state index in [0.717, 1.165) is 12.1 Å². The first-order valence-electron chi connectivity index (χ1n) is 6.65. The summed E-state index contributed by atoms with van der Waals surface area (Å²) in [5.74, 6) is 1.94. The highest BCUT2D eigenvalue weighted by atomic mass is 16.5. The fourth-order valence-corrected chi connectivity index (χ4v) is 1.89. The highest BCUT2D eigenvalue weighted by Crippen LogP contribution is 2.15. The maximum Gasteiger partial charge on any atom is 0.226 e. The van der Waals surface area contributed by atoms with E-state index in [1.54, 1.807) is 0 Å². The van der Waals surface area contributed by atoms with Crippen LogP contribution in [0.3, 0.4) is 0 Å². The predicted octanol–water partition coefficient (Wildman–Crippen LogP) is 3.42. The van der Waals surface area contributed by atoms with Crippen LogP contribution in [0.5, 0.6) is 5.88 Å². The highest BCUT2D eigenvalue weighted by molar-refractivity contribution is 5.31. The Kier molecular flexibility index (Phi) is 5.38. The van der Waals surface area contributed by atoms with Crippen LogP contribution in [0.1, 0.15) is 46.7 Å². The second kappa shape index (κ2) is 6.57. The molecule has 0 saturated heterocycles. The molecule has 18 heavy (non-hydrogen) atoms. The number of aromatic nitrogens is 2. The van der Waals surface area contributed by atoms with Gasteiger partial charge in [-0.15, -0.1) is 0 Å². The topological polar surface area (TPSA) is 47.0 Å². The number of nitrogens with zero attached hydrogens (tertiary/aromatic N) is 2. The summed E-state index contributed by atoms with van der Waals surface area (Å²) >= 11 is 0. The highest BCUT2D eigenvalue weighted by Gasteiger charge is 2.09. The van der Waals surface area contributed by atoms with Crippen molar-refractivity contribution in [3.05, 3.63) is 11.8 Å². The zero-order valence-corrected chi connectivity index (χ0v) is 12.3. The zero-order valence-electron chi connectivity index (χ0n) is 12.3. The monoisotopic (exact) mass is 251 g/mol. The van der Waals surface area contributed by atoms with Gasteiger partial charge in [-0.2, -0.15) is 4.98 Å². The molecule has 1 atom stereocenters. The van der Waals surface area contributed by atoms with Crippen molar-refractivity contribution in [1.82, 2.24) is 9.97 Å². The van der Waals surface area contributed by atoms with Crippen molar-refractivity contribution in [2.45, 2.75) is 60.1 Å². The average Bonchev–Trinajstić information content (AvgIpc) is 2.12. The van der Waals surface area contributed by atoms with Gasteiger partial charge < -0.3 is 10.1 Å². The van der Waals surface area contributed by atoms with Crippen molar-refractivity contribution in [1.29, 1.82) is 0 Å². The van der Waals surface area contributed by atoms with E-state index in [1.165, 1.54) is 0 Å². The lowest BCUT2D eigenvalue weighted by molar-refractivity contribution is 0.232. The van der Waals surface area contributed by atoms with Crippen LogP contribution in [0.2, 0.25) is 0 Å². The summed E-state index contributed by atoms with van der Waals surface area (Å²) in [6.07, 6.45) is 1.22. The van der Waals surface area contributed by atoms with Crippen LogP contribution in [0, 0.1) is 12.8 Å². The van der Waals surface area contributed by atoms with Crippen LogP contribution in [0.25, 0.3) is 0 Å². The van der Waals surface area contributed by atoms with Gasteiger partial charge in [0.05, 0.1) is 6.10 Å². The molecule has 0 fully saturated rings. The van der Waals surface area contributed by atoms with E-state index in [0.29, 0.717) is 23.8 Å². The van der Waals surface area contributed by atoms with Crippen molar-refractivity contribution in [2.24, 2.45) is 5.92 Å². The number of rotatable bonds is 6. The Labute approximate surface area is 110 Å². The van der Waals surface area contributed by atoms with Crippen LogP contribution in [0.15, 0.2) is 6.07 Å². The van der Waals surface area contributed by atoms with Gasteiger partial charge in [0.25, 0.3) is 0 Å². The molecule has 0 amide bonds. The van der Waals surface area contributed by atoms with Crippen LogP contribution < -0.4 is 10.1 Å². The SMILES string of the molecule is Cc1cc(OC(C)C)nc(NC(C)CC(C)C)n1. The van der Waals surface area contributed by atoms with E-state index in [9.17, 15) is 0 Å². The fraction of sp³-hybridized carbons (Fsp3) is 0.714. The summed E-state index contributed by atoms with van der Waals surface area (Å²) in [5.41, 5.74) is 0.917. The minimum absolute atomic E-state index is 0.125. The smallest absolute Gasteiger partial charge is 0.226 e. The molecule has 1 aromatic rings. The van der Waals surface area contributed by atoms with E-state index in [4.69, 9.17) is 4.74 Å². The second-order valence-electron chi connectivity index (χ2n) is 5.51. The Bertz CT molecular complexity index is 377. The maximum absolute atomic E-state index is 5.61. The maximum atomic E-state index is 5.61. The lowest BCUT2D eigenvalue weighted by atomic mass is 10.1. The molecule has 0 bridgehead atoms. The number of ether oxygens (including phenoxy) is 1. The summed E-state index contributed by atoms with van der Waals surface area (Å²) in [5, 5.41) is 3.33. The zero-order chi connectivity index (χ0) is 13.7. The molecule has 1 aromatic heterocycles. The molecular formula is C14H25N3O. The lowest BCUT2D eigenvalue weighted by Gasteiger charge is -2.17. The summed E-state index contributed by atoms with van der Waals surface area (Å²) in [6.45, 7) is 12.5. The second-order valence-corrected chi connectivity index (χ2v) is 5.51. The van der Waals surface area contributed by atoms with E-state index < -0.39 is 0 Å². The Morgan fingerprint density at radius 2 is 1.83 bits per heavy atom. The van der Waals surface area contributed by atoms with Crippen LogP contribution >= 0.6 is 0 Å². The fourth-order valence-electron chi connectivity index (χ4n) is 1.89. The van der Waals surface area contributed by atoms with E-state index in [2.05, 4.69) is 36.1 Å². The minimum atomic E-state index is 0.125. The largest absolute Gasteiger partial charge is 0.475 e. The normalized spacial score (nSPS) is 12.9. The molecule has 0 radical (unpaired) electrons.